The van der Waals surface area contributed by atoms with Crippen molar-refractivity contribution in [3.8, 4) is 11.5 Å². The molecule has 0 saturated heterocycles. The molecule has 0 aliphatic heterocycles. The fraction of sp³-hybridized carbons (Fsp3) is 0.118. The zero-order valence-corrected chi connectivity index (χ0v) is 17.5. The van der Waals surface area contributed by atoms with Gasteiger partial charge in [0.25, 0.3) is 0 Å². The molecule has 0 bridgehead atoms. The SMILES string of the molecule is COc1cc2c(Cl)ccnc2cc1OCc1ccccc1.O=P(Cl)(Cl)Cl. The average Bonchev–Trinajstić information content (AvgIpc) is 2.59. The summed E-state index contributed by atoms with van der Waals surface area (Å²) in [5.41, 5.74) is 1.88. The van der Waals surface area contributed by atoms with Crippen LogP contribution in [0.25, 0.3) is 10.9 Å². The lowest BCUT2D eigenvalue weighted by atomic mass is 10.2. The van der Waals surface area contributed by atoms with Crippen molar-refractivity contribution in [1.82, 2.24) is 4.98 Å². The van der Waals surface area contributed by atoms with E-state index in [4.69, 9.17) is 21.1 Å². The average molecular weight is 453 g/mol. The molecular formula is C17H14Cl4NO3P. The fourth-order valence-corrected chi connectivity index (χ4v) is 2.34. The maximum Gasteiger partial charge on any atom is 0.339 e. The molecule has 0 spiro atoms. The van der Waals surface area contributed by atoms with E-state index in [0.717, 1.165) is 16.5 Å². The van der Waals surface area contributed by atoms with Crippen LogP contribution in [0.15, 0.2) is 54.7 Å². The summed E-state index contributed by atoms with van der Waals surface area (Å²) in [5, 5.41) is -1.73. The number of nitrogens with zero attached hydrogens (tertiary/aromatic N) is 1. The highest BCUT2D eigenvalue weighted by Gasteiger charge is 2.10. The molecule has 3 aromatic rings. The normalized spacial score (nSPS) is 10.8. The highest BCUT2D eigenvalue weighted by atomic mass is 36.0. The zero-order chi connectivity index (χ0) is 19.2. The third-order valence-corrected chi connectivity index (χ3v) is 3.54. The van der Waals surface area contributed by atoms with E-state index >= 15 is 0 Å². The Labute approximate surface area is 170 Å². The summed E-state index contributed by atoms with van der Waals surface area (Å²) in [4.78, 5) is 4.31. The molecule has 0 amide bonds. The van der Waals surface area contributed by atoms with Gasteiger partial charge in [-0.25, -0.2) is 0 Å². The molecule has 1 heterocycles. The van der Waals surface area contributed by atoms with Crippen molar-refractivity contribution < 1.29 is 14.0 Å². The molecule has 0 aliphatic carbocycles. The topological polar surface area (TPSA) is 48.4 Å². The Balaban J connectivity index is 0.000000431. The lowest BCUT2D eigenvalue weighted by Crippen LogP contribution is -1.98. The first-order valence-corrected chi connectivity index (χ1v) is 12.1. The van der Waals surface area contributed by atoms with Crippen LogP contribution in [0.3, 0.4) is 0 Å². The quantitative estimate of drug-likeness (QED) is 0.390. The van der Waals surface area contributed by atoms with Crippen molar-refractivity contribution in [1.29, 1.82) is 0 Å². The number of rotatable bonds is 4. The highest BCUT2D eigenvalue weighted by Crippen LogP contribution is 2.61. The van der Waals surface area contributed by atoms with Gasteiger partial charge in [0.05, 0.1) is 17.6 Å². The minimum Gasteiger partial charge on any atom is -0.493 e. The minimum absolute atomic E-state index is 0.475. The fourth-order valence-electron chi connectivity index (χ4n) is 2.13. The summed E-state index contributed by atoms with van der Waals surface area (Å²) < 4.78 is 20.8. The molecular weight excluding hydrogens is 439 g/mol. The molecule has 138 valence electrons. The number of hydrogen-bond acceptors (Lipinski definition) is 4. The Kier molecular flexibility index (Phi) is 7.87. The van der Waals surface area contributed by atoms with Crippen LogP contribution in [0, 0.1) is 0 Å². The number of methoxy groups -OCH3 is 1. The Morgan fingerprint density at radius 2 is 1.69 bits per heavy atom. The number of aromatic nitrogens is 1. The zero-order valence-electron chi connectivity index (χ0n) is 13.5. The molecule has 3 rings (SSSR count). The molecule has 2 aromatic carbocycles. The highest BCUT2D eigenvalue weighted by molar-refractivity contribution is 8.24. The van der Waals surface area contributed by atoms with E-state index in [0.29, 0.717) is 23.1 Å². The maximum absolute atomic E-state index is 9.51. The first kappa shape index (κ1) is 21.1. The van der Waals surface area contributed by atoms with Crippen LogP contribution >= 0.6 is 50.5 Å². The first-order chi connectivity index (χ1) is 12.3. The van der Waals surface area contributed by atoms with Gasteiger partial charge in [-0.3, -0.25) is 9.55 Å². The molecule has 0 atom stereocenters. The monoisotopic (exact) mass is 451 g/mol. The van der Waals surface area contributed by atoms with Gasteiger partial charge in [0.2, 0.25) is 0 Å². The Hall–Kier alpha value is -1.16. The van der Waals surface area contributed by atoms with Gasteiger partial charge in [-0.05, 0) is 51.4 Å². The summed E-state index contributed by atoms with van der Waals surface area (Å²) >= 11 is 20.0. The van der Waals surface area contributed by atoms with Crippen LogP contribution in [0.5, 0.6) is 11.5 Å². The molecule has 0 N–H and O–H groups in total. The lowest BCUT2D eigenvalue weighted by Gasteiger charge is -2.12. The number of fused-ring (bicyclic) bond motifs is 1. The van der Waals surface area contributed by atoms with Crippen LogP contribution in [0.1, 0.15) is 5.56 Å². The summed E-state index contributed by atoms with van der Waals surface area (Å²) in [6, 6.07) is 15.4. The molecule has 0 fully saturated rings. The van der Waals surface area contributed by atoms with Crippen LogP contribution in [-0.2, 0) is 11.2 Å². The van der Waals surface area contributed by atoms with Gasteiger partial charge in [0.1, 0.15) is 6.61 Å². The van der Waals surface area contributed by atoms with Crippen LogP contribution < -0.4 is 9.47 Å². The van der Waals surface area contributed by atoms with Crippen molar-refractivity contribution in [3.05, 3.63) is 65.3 Å². The van der Waals surface area contributed by atoms with Crippen LogP contribution in [-0.4, -0.2) is 12.1 Å². The predicted octanol–water partition coefficient (Wildman–Crippen LogP) is 7.29. The second-order valence-electron chi connectivity index (χ2n) is 4.99. The van der Waals surface area contributed by atoms with Crippen molar-refractivity contribution in [2.24, 2.45) is 0 Å². The summed E-state index contributed by atoms with van der Waals surface area (Å²) in [6.07, 6.45) is 1.68. The minimum atomic E-state index is -3.22. The number of hydrogen-bond donors (Lipinski definition) is 0. The van der Waals surface area contributed by atoms with Gasteiger partial charge >= 0.3 is 5.20 Å². The number of ether oxygens (including phenoxy) is 2. The molecule has 9 heteroatoms. The molecule has 1 aromatic heterocycles. The van der Waals surface area contributed by atoms with E-state index < -0.39 is 5.20 Å². The number of benzene rings is 2. The van der Waals surface area contributed by atoms with Gasteiger partial charge in [0.15, 0.2) is 11.5 Å². The summed E-state index contributed by atoms with van der Waals surface area (Å²) in [6.45, 7) is 0.475. The van der Waals surface area contributed by atoms with E-state index in [-0.39, 0.29) is 0 Å². The molecule has 0 aliphatic rings. The molecule has 0 unspecified atom stereocenters. The van der Waals surface area contributed by atoms with Gasteiger partial charge in [-0.15, -0.1) is 0 Å². The number of pyridine rings is 1. The van der Waals surface area contributed by atoms with E-state index in [2.05, 4.69) is 38.7 Å². The van der Waals surface area contributed by atoms with Gasteiger partial charge in [0, 0.05) is 17.6 Å². The van der Waals surface area contributed by atoms with Gasteiger partial charge in [-0.2, -0.15) is 0 Å². The van der Waals surface area contributed by atoms with Gasteiger partial charge < -0.3 is 9.47 Å². The van der Waals surface area contributed by atoms with E-state index in [1.165, 1.54) is 0 Å². The second kappa shape index (κ2) is 9.68. The van der Waals surface area contributed by atoms with E-state index in [1.54, 1.807) is 19.4 Å². The van der Waals surface area contributed by atoms with E-state index in [1.807, 2.05) is 42.5 Å². The summed E-state index contributed by atoms with van der Waals surface area (Å²) in [5.74, 6) is 1.30. The van der Waals surface area contributed by atoms with Crippen molar-refractivity contribution in [2.45, 2.75) is 6.61 Å². The standard InChI is InChI=1S/C17H14ClNO2.Cl3OP/c1-20-16-9-13-14(18)7-8-19-15(13)10-17(16)21-11-12-5-3-2-4-6-12;1-5(2,3)4/h2-10H,11H2,1H3;. The first-order valence-electron chi connectivity index (χ1n) is 7.26. The van der Waals surface area contributed by atoms with Crippen LogP contribution in [0.4, 0.5) is 0 Å². The smallest absolute Gasteiger partial charge is 0.339 e. The molecule has 26 heavy (non-hydrogen) atoms. The van der Waals surface area contributed by atoms with Crippen molar-refractivity contribution in [3.63, 3.8) is 0 Å². The van der Waals surface area contributed by atoms with E-state index in [9.17, 15) is 4.57 Å². The van der Waals surface area contributed by atoms with Crippen molar-refractivity contribution in [2.75, 3.05) is 7.11 Å². The largest absolute Gasteiger partial charge is 0.493 e. The third-order valence-electron chi connectivity index (χ3n) is 3.21. The Morgan fingerprint density at radius 1 is 1.04 bits per heavy atom. The van der Waals surface area contributed by atoms with Crippen LogP contribution in [0.2, 0.25) is 5.02 Å². The predicted molar refractivity (Wildman–Crippen MR) is 109 cm³/mol. The second-order valence-corrected chi connectivity index (χ2v) is 12.0. The maximum atomic E-state index is 9.51. The molecule has 0 radical (unpaired) electrons. The lowest BCUT2D eigenvalue weighted by molar-refractivity contribution is 0.285. The molecule has 0 saturated carbocycles. The molecule has 4 nitrogen and oxygen atoms in total. The Bertz CT molecular complexity index is 910. The Morgan fingerprint density at radius 3 is 2.31 bits per heavy atom. The van der Waals surface area contributed by atoms with Crippen molar-refractivity contribution >= 4 is 61.4 Å². The summed E-state index contributed by atoms with van der Waals surface area (Å²) in [7, 11) is 1.61. The number of halogens is 4. The van der Waals surface area contributed by atoms with Gasteiger partial charge in [-0.1, -0.05) is 41.9 Å². The third kappa shape index (κ3) is 6.86.